The van der Waals surface area contributed by atoms with Gasteiger partial charge in [-0.25, -0.2) is 4.98 Å². The quantitative estimate of drug-likeness (QED) is 0.734. The van der Waals surface area contributed by atoms with Crippen LogP contribution in [0.25, 0.3) is 10.8 Å². The molecule has 0 aliphatic heterocycles. The van der Waals surface area contributed by atoms with E-state index in [0.29, 0.717) is 0 Å². The molecule has 0 saturated heterocycles. The molecule has 0 unspecified atom stereocenters. The van der Waals surface area contributed by atoms with E-state index in [-0.39, 0.29) is 0 Å². The minimum absolute atomic E-state index is 0.892. The molecule has 2 heterocycles. The van der Waals surface area contributed by atoms with Crippen LogP contribution >= 0.6 is 0 Å². The van der Waals surface area contributed by atoms with Gasteiger partial charge < -0.3 is 10.6 Å². The molecule has 0 spiro atoms. The third-order valence-corrected chi connectivity index (χ3v) is 3.28. The summed E-state index contributed by atoms with van der Waals surface area (Å²) in [6, 6.07) is 12.2. The average molecular weight is 278 g/mol. The van der Waals surface area contributed by atoms with Crippen molar-refractivity contribution >= 4 is 28.0 Å². The van der Waals surface area contributed by atoms with Crippen LogP contribution in [-0.4, -0.2) is 16.5 Å². The Bertz CT molecular complexity index is 734. The lowest BCUT2D eigenvalue weighted by Gasteiger charge is -2.11. The van der Waals surface area contributed by atoms with Crippen LogP contribution in [0.5, 0.6) is 0 Å². The Morgan fingerprint density at radius 3 is 2.95 bits per heavy atom. The summed E-state index contributed by atoms with van der Waals surface area (Å²) >= 11 is 0. The molecule has 3 rings (SSSR count). The summed E-state index contributed by atoms with van der Waals surface area (Å²) in [6.45, 7) is 3.07. The number of anilines is 3. The largest absolute Gasteiger partial charge is 0.370 e. The predicted octanol–water partition coefficient (Wildman–Crippen LogP) is 4.20. The molecular weight excluding hydrogens is 260 g/mol. The Hall–Kier alpha value is -2.62. The highest BCUT2D eigenvalue weighted by Gasteiger charge is 2.02. The van der Waals surface area contributed by atoms with Crippen molar-refractivity contribution < 1.29 is 0 Å². The first kappa shape index (κ1) is 13.4. The fraction of sp³-hybridized carbons (Fsp3) is 0.176. The summed E-state index contributed by atoms with van der Waals surface area (Å²) in [7, 11) is 0. The number of benzene rings is 1. The maximum absolute atomic E-state index is 4.32. The zero-order valence-electron chi connectivity index (χ0n) is 12.0. The van der Waals surface area contributed by atoms with Crippen molar-refractivity contribution in [3.63, 3.8) is 0 Å². The van der Waals surface area contributed by atoms with Crippen LogP contribution in [0.1, 0.15) is 13.3 Å². The van der Waals surface area contributed by atoms with Crippen molar-refractivity contribution in [2.24, 2.45) is 0 Å². The highest BCUT2D eigenvalue weighted by atomic mass is 15.0. The molecular formula is C17H18N4. The number of hydrogen-bond donors (Lipinski definition) is 2. The second-order valence-electron chi connectivity index (χ2n) is 4.88. The van der Waals surface area contributed by atoms with Crippen LogP contribution in [-0.2, 0) is 0 Å². The molecule has 2 aromatic heterocycles. The van der Waals surface area contributed by atoms with E-state index >= 15 is 0 Å². The number of aromatic nitrogens is 2. The smallest absolute Gasteiger partial charge is 0.127 e. The topological polar surface area (TPSA) is 49.8 Å². The molecule has 4 nitrogen and oxygen atoms in total. The van der Waals surface area contributed by atoms with E-state index < -0.39 is 0 Å². The third kappa shape index (κ3) is 3.11. The number of fused-ring (bicyclic) bond motifs is 1. The second-order valence-corrected chi connectivity index (χ2v) is 4.88. The van der Waals surface area contributed by atoms with Crippen LogP contribution in [0, 0.1) is 0 Å². The molecule has 106 valence electrons. The molecule has 0 aliphatic rings. The van der Waals surface area contributed by atoms with Crippen molar-refractivity contribution in [2.75, 3.05) is 17.2 Å². The highest BCUT2D eigenvalue weighted by molar-refractivity contribution is 5.94. The maximum atomic E-state index is 4.32. The average Bonchev–Trinajstić information content (AvgIpc) is 2.54. The molecule has 4 heteroatoms. The van der Waals surface area contributed by atoms with Gasteiger partial charge in [0.25, 0.3) is 0 Å². The van der Waals surface area contributed by atoms with Gasteiger partial charge >= 0.3 is 0 Å². The van der Waals surface area contributed by atoms with Gasteiger partial charge in [-0.2, -0.15) is 0 Å². The van der Waals surface area contributed by atoms with Gasteiger partial charge in [-0.1, -0.05) is 19.1 Å². The monoisotopic (exact) mass is 278 g/mol. The Labute approximate surface area is 124 Å². The van der Waals surface area contributed by atoms with Gasteiger partial charge in [0, 0.05) is 53.3 Å². The van der Waals surface area contributed by atoms with Gasteiger partial charge in [-0.05, 0) is 24.6 Å². The maximum Gasteiger partial charge on any atom is 0.127 e. The minimum atomic E-state index is 0.892. The summed E-state index contributed by atoms with van der Waals surface area (Å²) in [4.78, 5) is 8.48. The predicted molar refractivity (Wildman–Crippen MR) is 88.0 cm³/mol. The molecule has 0 atom stereocenters. The molecule has 0 radical (unpaired) electrons. The molecule has 0 saturated carbocycles. The summed E-state index contributed by atoms with van der Waals surface area (Å²) in [5, 5.41) is 9.04. The normalized spacial score (nSPS) is 10.5. The second kappa shape index (κ2) is 6.22. The number of rotatable bonds is 5. The Morgan fingerprint density at radius 1 is 1.10 bits per heavy atom. The summed E-state index contributed by atoms with van der Waals surface area (Å²) < 4.78 is 0. The lowest BCUT2D eigenvalue weighted by atomic mass is 10.1. The Balaban J connectivity index is 1.88. The molecule has 0 fully saturated rings. The van der Waals surface area contributed by atoms with E-state index in [2.05, 4.69) is 39.7 Å². The third-order valence-electron chi connectivity index (χ3n) is 3.28. The standard InChI is InChI=1S/C17H18N4/c1-2-8-19-17-11-14(6-10-20-17)21-16-5-3-4-13-12-18-9-7-15(13)16/h3-7,9-12H,2,8H2,1H3,(H2,19,20,21). The van der Waals surface area contributed by atoms with Crippen LogP contribution in [0.4, 0.5) is 17.2 Å². The zero-order valence-corrected chi connectivity index (χ0v) is 12.0. The lowest BCUT2D eigenvalue weighted by molar-refractivity contribution is 0.969. The number of nitrogens with zero attached hydrogens (tertiary/aromatic N) is 2. The van der Waals surface area contributed by atoms with Gasteiger partial charge in [-0.15, -0.1) is 0 Å². The van der Waals surface area contributed by atoms with Gasteiger partial charge in [0.05, 0.1) is 0 Å². The van der Waals surface area contributed by atoms with Gasteiger partial charge in [0.15, 0.2) is 0 Å². The van der Waals surface area contributed by atoms with Crippen LogP contribution in [0.3, 0.4) is 0 Å². The molecule has 0 bridgehead atoms. The van der Waals surface area contributed by atoms with Crippen molar-refractivity contribution in [3.05, 3.63) is 55.0 Å². The van der Waals surface area contributed by atoms with E-state index in [1.165, 1.54) is 0 Å². The zero-order chi connectivity index (χ0) is 14.5. The first-order valence-corrected chi connectivity index (χ1v) is 7.16. The fourth-order valence-corrected chi connectivity index (χ4v) is 2.25. The van der Waals surface area contributed by atoms with E-state index in [4.69, 9.17) is 0 Å². The fourth-order valence-electron chi connectivity index (χ4n) is 2.25. The van der Waals surface area contributed by atoms with Gasteiger partial charge in [0.1, 0.15) is 5.82 Å². The van der Waals surface area contributed by atoms with Gasteiger partial charge in [-0.3, -0.25) is 4.98 Å². The van der Waals surface area contributed by atoms with Crippen molar-refractivity contribution in [2.45, 2.75) is 13.3 Å². The molecule has 3 aromatic rings. The number of nitrogens with one attached hydrogen (secondary N) is 2. The SMILES string of the molecule is CCCNc1cc(Nc2cccc3cnccc23)ccn1. The van der Waals surface area contributed by atoms with E-state index in [1.54, 1.807) is 0 Å². The first-order chi connectivity index (χ1) is 10.4. The highest BCUT2D eigenvalue weighted by Crippen LogP contribution is 2.26. The molecule has 1 aromatic carbocycles. The Morgan fingerprint density at radius 2 is 2.05 bits per heavy atom. The molecule has 0 aliphatic carbocycles. The van der Waals surface area contributed by atoms with Crippen LogP contribution in [0.2, 0.25) is 0 Å². The molecule has 21 heavy (non-hydrogen) atoms. The van der Waals surface area contributed by atoms with E-state index in [0.717, 1.165) is 40.9 Å². The summed E-state index contributed by atoms with van der Waals surface area (Å²) in [6.07, 6.45) is 6.58. The van der Waals surface area contributed by atoms with Crippen molar-refractivity contribution in [1.29, 1.82) is 0 Å². The summed E-state index contributed by atoms with van der Waals surface area (Å²) in [5.74, 6) is 0.892. The number of pyridine rings is 2. The van der Waals surface area contributed by atoms with E-state index in [9.17, 15) is 0 Å². The van der Waals surface area contributed by atoms with Gasteiger partial charge in [0.2, 0.25) is 0 Å². The lowest BCUT2D eigenvalue weighted by Crippen LogP contribution is -2.02. The summed E-state index contributed by atoms with van der Waals surface area (Å²) in [5.41, 5.74) is 2.09. The van der Waals surface area contributed by atoms with E-state index in [1.807, 2.05) is 42.9 Å². The van der Waals surface area contributed by atoms with Crippen LogP contribution < -0.4 is 10.6 Å². The Kier molecular flexibility index (Phi) is 3.96. The molecule has 0 amide bonds. The molecule has 2 N–H and O–H groups in total. The van der Waals surface area contributed by atoms with Crippen molar-refractivity contribution in [3.8, 4) is 0 Å². The van der Waals surface area contributed by atoms with Crippen molar-refractivity contribution in [1.82, 2.24) is 9.97 Å². The minimum Gasteiger partial charge on any atom is -0.370 e. The van der Waals surface area contributed by atoms with Crippen LogP contribution in [0.15, 0.2) is 55.0 Å². The first-order valence-electron chi connectivity index (χ1n) is 7.16. The number of hydrogen-bond acceptors (Lipinski definition) is 4.